The van der Waals surface area contributed by atoms with E-state index in [0.29, 0.717) is 12.0 Å². The standard InChI is InChI=1S/C21H25NO3/c1-15(21(24)25-4)14-19(20(23)17-8-6-5-7-9-17)16-10-12-18(13-11-16)22(2)3/h5-13,15,19H,14H2,1-4H3. The number of ether oxygens (including phenoxy) is 1. The minimum atomic E-state index is -0.382. The Morgan fingerprint density at radius 2 is 1.60 bits per heavy atom. The molecule has 0 radical (unpaired) electrons. The van der Waals surface area contributed by atoms with Crippen molar-refractivity contribution in [1.29, 1.82) is 0 Å². The first kappa shape index (κ1) is 18.7. The molecule has 2 unspecified atom stereocenters. The second-order valence-corrected chi connectivity index (χ2v) is 6.43. The van der Waals surface area contributed by atoms with E-state index in [1.54, 1.807) is 6.92 Å². The van der Waals surface area contributed by atoms with E-state index in [0.717, 1.165) is 11.3 Å². The van der Waals surface area contributed by atoms with Crippen LogP contribution in [0.2, 0.25) is 0 Å². The fourth-order valence-electron chi connectivity index (χ4n) is 2.85. The Labute approximate surface area is 149 Å². The topological polar surface area (TPSA) is 46.6 Å². The third-order valence-corrected chi connectivity index (χ3v) is 4.38. The number of carbonyl (C=O) groups is 2. The number of ketones is 1. The number of methoxy groups -OCH3 is 1. The molecule has 0 aliphatic rings. The molecule has 0 bridgehead atoms. The van der Waals surface area contributed by atoms with Gasteiger partial charge in [-0.05, 0) is 24.1 Å². The zero-order valence-corrected chi connectivity index (χ0v) is 15.2. The summed E-state index contributed by atoms with van der Waals surface area (Å²) in [6.07, 6.45) is 0.418. The highest BCUT2D eigenvalue weighted by atomic mass is 16.5. The Kier molecular flexibility index (Phi) is 6.34. The third kappa shape index (κ3) is 4.69. The first-order chi connectivity index (χ1) is 11.9. The summed E-state index contributed by atoms with van der Waals surface area (Å²) in [6, 6.07) is 17.1. The van der Waals surface area contributed by atoms with Gasteiger partial charge in [-0.3, -0.25) is 9.59 Å². The van der Waals surface area contributed by atoms with Crippen LogP contribution in [0.5, 0.6) is 0 Å². The molecule has 25 heavy (non-hydrogen) atoms. The second kappa shape index (κ2) is 8.47. The van der Waals surface area contributed by atoms with Gasteiger partial charge in [-0.15, -0.1) is 0 Å². The van der Waals surface area contributed by atoms with Crippen LogP contribution < -0.4 is 4.90 Å². The lowest BCUT2D eigenvalue weighted by Crippen LogP contribution is -2.21. The Morgan fingerprint density at radius 1 is 1.00 bits per heavy atom. The van der Waals surface area contributed by atoms with Gasteiger partial charge in [-0.2, -0.15) is 0 Å². The number of anilines is 1. The fraction of sp³-hybridized carbons (Fsp3) is 0.333. The van der Waals surface area contributed by atoms with Crippen LogP contribution in [0.3, 0.4) is 0 Å². The maximum absolute atomic E-state index is 13.0. The summed E-state index contributed by atoms with van der Waals surface area (Å²) in [5, 5.41) is 0. The Balaban J connectivity index is 2.34. The molecule has 0 saturated heterocycles. The van der Waals surface area contributed by atoms with Gasteiger partial charge in [0.2, 0.25) is 0 Å². The lowest BCUT2D eigenvalue weighted by atomic mass is 9.84. The van der Waals surface area contributed by atoms with Crippen molar-refractivity contribution < 1.29 is 14.3 Å². The molecule has 0 amide bonds. The van der Waals surface area contributed by atoms with Gasteiger partial charge in [0.1, 0.15) is 0 Å². The molecular weight excluding hydrogens is 314 g/mol. The molecule has 0 aromatic heterocycles. The maximum atomic E-state index is 13.0. The molecule has 0 aliphatic carbocycles. The van der Waals surface area contributed by atoms with E-state index in [-0.39, 0.29) is 23.6 Å². The van der Waals surface area contributed by atoms with E-state index in [9.17, 15) is 9.59 Å². The molecule has 0 saturated carbocycles. The normalized spacial score (nSPS) is 13.0. The van der Waals surface area contributed by atoms with Crippen molar-refractivity contribution in [2.75, 3.05) is 26.1 Å². The van der Waals surface area contributed by atoms with Crippen LogP contribution in [0, 0.1) is 5.92 Å². The number of benzene rings is 2. The van der Waals surface area contributed by atoms with Gasteiger partial charge >= 0.3 is 5.97 Å². The van der Waals surface area contributed by atoms with Crippen LogP contribution in [0.1, 0.15) is 35.2 Å². The van der Waals surface area contributed by atoms with Crippen LogP contribution in [-0.4, -0.2) is 33.0 Å². The highest BCUT2D eigenvalue weighted by molar-refractivity contribution is 6.01. The van der Waals surface area contributed by atoms with Crippen LogP contribution in [0.4, 0.5) is 5.69 Å². The molecule has 0 N–H and O–H groups in total. The number of hydrogen-bond donors (Lipinski definition) is 0. The number of Topliss-reactive ketones (excluding diaryl/α,β-unsaturated/α-hetero) is 1. The molecule has 2 aromatic rings. The molecule has 0 fully saturated rings. The van der Waals surface area contributed by atoms with E-state index in [1.807, 2.05) is 73.6 Å². The number of esters is 1. The molecule has 2 rings (SSSR count). The lowest BCUT2D eigenvalue weighted by molar-refractivity contribution is -0.145. The van der Waals surface area contributed by atoms with Gasteiger partial charge in [0.05, 0.1) is 13.0 Å². The molecule has 4 heteroatoms. The molecule has 0 aliphatic heterocycles. The first-order valence-corrected chi connectivity index (χ1v) is 8.38. The summed E-state index contributed by atoms with van der Waals surface area (Å²) in [5.41, 5.74) is 2.63. The van der Waals surface area contributed by atoms with Gasteiger partial charge in [0, 0.05) is 31.3 Å². The van der Waals surface area contributed by atoms with Crippen molar-refractivity contribution in [3.63, 3.8) is 0 Å². The summed E-state index contributed by atoms with van der Waals surface area (Å²) >= 11 is 0. The molecule has 0 heterocycles. The fourth-order valence-corrected chi connectivity index (χ4v) is 2.85. The highest BCUT2D eigenvalue weighted by Crippen LogP contribution is 2.29. The van der Waals surface area contributed by atoms with Gasteiger partial charge in [-0.1, -0.05) is 49.4 Å². The lowest BCUT2D eigenvalue weighted by Gasteiger charge is -2.21. The Bertz CT molecular complexity index is 708. The smallest absolute Gasteiger partial charge is 0.308 e. The summed E-state index contributed by atoms with van der Waals surface area (Å²) in [7, 11) is 5.32. The summed E-state index contributed by atoms with van der Waals surface area (Å²) in [4.78, 5) is 26.9. The average molecular weight is 339 g/mol. The van der Waals surface area contributed by atoms with Crippen LogP contribution in [0.25, 0.3) is 0 Å². The average Bonchev–Trinajstić information content (AvgIpc) is 2.65. The zero-order valence-electron chi connectivity index (χ0n) is 15.2. The molecule has 2 atom stereocenters. The maximum Gasteiger partial charge on any atom is 0.308 e. The summed E-state index contributed by atoms with van der Waals surface area (Å²) < 4.78 is 4.83. The number of rotatable bonds is 7. The molecule has 4 nitrogen and oxygen atoms in total. The predicted molar refractivity (Wildman–Crippen MR) is 100 cm³/mol. The zero-order chi connectivity index (χ0) is 18.4. The van der Waals surface area contributed by atoms with Crippen LogP contribution in [-0.2, 0) is 9.53 Å². The molecule has 2 aromatic carbocycles. The van der Waals surface area contributed by atoms with Crippen molar-refractivity contribution in [2.24, 2.45) is 5.92 Å². The van der Waals surface area contributed by atoms with E-state index >= 15 is 0 Å². The molecular formula is C21H25NO3. The first-order valence-electron chi connectivity index (χ1n) is 8.38. The van der Waals surface area contributed by atoms with Gasteiger partial charge in [0.15, 0.2) is 5.78 Å². The highest BCUT2D eigenvalue weighted by Gasteiger charge is 2.27. The van der Waals surface area contributed by atoms with Crippen molar-refractivity contribution in [2.45, 2.75) is 19.3 Å². The largest absolute Gasteiger partial charge is 0.469 e. The quantitative estimate of drug-likeness (QED) is 0.567. The minimum Gasteiger partial charge on any atom is -0.469 e. The monoisotopic (exact) mass is 339 g/mol. The summed E-state index contributed by atoms with van der Waals surface area (Å²) in [5.74, 6) is -1.01. The van der Waals surface area contributed by atoms with E-state index in [1.165, 1.54) is 7.11 Å². The second-order valence-electron chi connectivity index (χ2n) is 6.43. The van der Waals surface area contributed by atoms with Gasteiger partial charge in [-0.25, -0.2) is 0 Å². The van der Waals surface area contributed by atoms with Gasteiger partial charge < -0.3 is 9.64 Å². The van der Waals surface area contributed by atoms with E-state index in [2.05, 4.69) is 0 Å². The predicted octanol–water partition coefficient (Wildman–Crippen LogP) is 3.92. The van der Waals surface area contributed by atoms with Gasteiger partial charge in [0.25, 0.3) is 0 Å². The molecule has 0 spiro atoms. The van der Waals surface area contributed by atoms with Crippen molar-refractivity contribution in [3.8, 4) is 0 Å². The number of carbonyl (C=O) groups excluding carboxylic acids is 2. The minimum absolute atomic E-state index is 0.0222. The van der Waals surface area contributed by atoms with E-state index in [4.69, 9.17) is 4.74 Å². The van der Waals surface area contributed by atoms with Crippen molar-refractivity contribution in [1.82, 2.24) is 0 Å². The Morgan fingerprint density at radius 3 is 2.12 bits per heavy atom. The van der Waals surface area contributed by atoms with E-state index < -0.39 is 0 Å². The number of hydrogen-bond acceptors (Lipinski definition) is 4. The Hall–Kier alpha value is -2.62. The molecule has 132 valence electrons. The summed E-state index contributed by atoms with van der Waals surface area (Å²) in [6.45, 7) is 1.80. The van der Waals surface area contributed by atoms with Crippen LogP contribution >= 0.6 is 0 Å². The van der Waals surface area contributed by atoms with Crippen LogP contribution in [0.15, 0.2) is 54.6 Å². The SMILES string of the molecule is COC(=O)C(C)CC(C(=O)c1ccccc1)c1ccc(N(C)C)cc1. The third-order valence-electron chi connectivity index (χ3n) is 4.38. The number of nitrogens with zero attached hydrogens (tertiary/aromatic N) is 1. The van der Waals surface area contributed by atoms with Crippen molar-refractivity contribution >= 4 is 17.4 Å². The van der Waals surface area contributed by atoms with Crippen molar-refractivity contribution in [3.05, 3.63) is 65.7 Å².